The van der Waals surface area contributed by atoms with Gasteiger partial charge < -0.3 is 34.7 Å². The molecule has 4 N–H and O–H groups in total. The number of carbonyl (C=O) groups is 2. The number of nitrogens with zero attached hydrogens (tertiary/aromatic N) is 2. The van der Waals surface area contributed by atoms with E-state index in [4.69, 9.17) is 19.2 Å². The molecule has 0 fully saturated rings. The molecule has 0 radical (unpaired) electrons. The van der Waals surface area contributed by atoms with E-state index in [0.29, 0.717) is 34.2 Å². The molecule has 230 valence electrons. The van der Waals surface area contributed by atoms with Crippen LogP contribution < -0.4 is 16.0 Å². The number of hydrogen-bond acceptors (Lipinski definition) is 9. The van der Waals surface area contributed by atoms with Crippen molar-refractivity contribution in [2.75, 3.05) is 21.3 Å². The van der Waals surface area contributed by atoms with Crippen molar-refractivity contribution < 1.29 is 34.0 Å². The first-order chi connectivity index (χ1) is 20.3. The number of carbonyl (C=O) groups excluding carboxylic acids is 1. The highest BCUT2D eigenvalue weighted by atomic mass is 16.6. The number of fused-ring (bicyclic) bond motifs is 6. The lowest BCUT2D eigenvalue weighted by atomic mass is 9.63. The number of hydrogen-bond donors (Lipinski definition) is 4. The van der Waals surface area contributed by atoms with E-state index in [0.717, 1.165) is 16.7 Å². The monoisotopic (exact) mass is 592 g/mol. The molecule has 1 aromatic rings. The van der Waals surface area contributed by atoms with Crippen molar-refractivity contribution in [3.8, 4) is 0 Å². The number of aliphatic hydroxyl groups excluding tert-OH is 1. The SMILES string of the molecule is C=C1/C=c2\[nH]c(c(C)c2CCC(=O)O)=CC2=NC(=CC=N[C@@H](OC)C(C)(C)N1)C1=CC=C(C(=O)OC)C(C(O)OC)[C@]12C. The van der Waals surface area contributed by atoms with Crippen LogP contribution in [0.15, 0.2) is 57.3 Å². The molecule has 1 aromatic heterocycles. The molecule has 11 heteroatoms. The number of methoxy groups -OCH3 is 3. The number of aliphatic carboxylic acids is 1. The van der Waals surface area contributed by atoms with E-state index in [1.165, 1.54) is 14.2 Å². The van der Waals surface area contributed by atoms with E-state index >= 15 is 0 Å². The maximum absolute atomic E-state index is 12.9. The van der Waals surface area contributed by atoms with Crippen LogP contribution in [0.1, 0.15) is 38.3 Å². The summed E-state index contributed by atoms with van der Waals surface area (Å²) in [5.41, 5.74) is 2.72. The summed E-state index contributed by atoms with van der Waals surface area (Å²) in [6.45, 7) is 11.9. The van der Waals surface area contributed by atoms with Crippen molar-refractivity contribution in [2.24, 2.45) is 21.3 Å². The molecule has 43 heavy (non-hydrogen) atoms. The lowest BCUT2D eigenvalue weighted by molar-refractivity contribution is -0.145. The third kappa shape index (κ3) is 5.93. The smallest absolute Gasteiger partial charge is 0.334 e. The Balaban J connectivity index is 2.06. The second-order valence-electron chi connectivity index (χ2n) is 11.5. The second-order valence-corrected chi connectivity index (χ2v) is 11.5. The Kier molecular flexibility index (Phi) is 9.10. The maximum atomic E-state index is 12.9. The van der Waals surface area contributed by atoms with Crippen LogP contribution in [-0.4, -0.2) is 78.4 Å². The van der Waals surface area contributed by atoms with Gasteiger partial charge in [-0.05, 0) is 69.0 Å². The quantitative estimate of drug-likeness (QED) is 0.276. The molecule has 0 saturated heterocycles. The topological polar surface area (TPSA) is 155 Å². The maximum Gasteiger partial charge on any atom is 0.334 e. The molecule has 3 heterocycles. The van der Waals surface area contributed by atoms with E-state index in [-0.39, 0.29) is 12.0 Å². The molecular formula is C32H40N4O7. The summed E-state index contributed by atoms with van der Waals surface area (Å²) in [7, 11) is 4.23. The molecule has 4 atom stereocenters. The Bertz CT molecular complexity index is 1610. The van der Waals surface area contributed by atoms with E-state index in [2.05, 4.69) is 21.9 Å². The standard InChI is InChI=1S/C32H40N4O7/c1-17-15-24-19(10-12-26(37)38)18(2)23(34-24)16-25-32(5)21(11-9-20(28(39)41-6)27(32)29(40)42-7)22(35-25)13-14-33-30(43-8)31(3,4)36-17/h9,11,13-16,27,29-30,34,36,40H,1,10,12H2,2-8H3,(H,37,38)/b22-13?,23-16?,24-15-,33-14?/t27?,29?,30-,32+/m0/s1. The zero-order valence-corrected chi connectivity index (χ0v) is 25.6. The molecule has 3 aliphatic rings. The van der Waals surface area contributed by atoms with Gasteiger partial charge in [0.25, 0.3) is 0 Å². The van der Waals surface area contributed by atoms with Crippen LogP contribution in [0, 0.1) is 18.3 Å². The van der Waals surface area contributed by atoms with Crippen LogP contribution in [0.5, 0.6) is 0 Å². The predicted octanol–water partition coefficient (Wildman–Crippen LogP) is 1.81. The Morgan fingerprint density at radius 2 is 1.84 bits per heavy atom. The van der Waals surface area contributed by atoms with Crippen LogP contribution in [0.2, 0.25) is 0 Å². The number of aliphatic hydroxyl groups is 1. The number of carboxylic acids is 1. The van der Waals surface area contributed by atoms with Crippen molar-refractivity contribution in [1.82, 2.24) is 10.3 Å². The molecule has 11 nitrogen and oxygen atoms in total. The molecule has 0 spiro atoms. The van der Waals surface area contributed by atoms with Crippen LogP contribution in [0.4, 0.5) is 0 Å². The third-order valence-electron chi connectivity index (χ3n) is 8.36. The van der Waals surface area contributed by atoms with Gasteiger partial charge in [0.05, 0.1) is 30.0 Å². The van der Waals surface area contributed by atoms with Gasteiger partial charge in [-0.1, -0.05) is 18.7 Å². The van der Waals surface area contributed by atoms with Crippen molar-refractivity contribution in [3.05, 3.63) is 69.2 Å². The number of aliphatic imine (C=N–C) groups is 2. The van der Waals surface area contributed by atoms with Crippen LogP contribution >= 0.6 is 0 Å². The van der Waals surface area contributed by atoms with Crippen LogP contribution in [0.3, 0.4) is 0 Å². The highest BCUT2D eigenvalue weighted by molar-refractivity contribution is 6.19. The van der Waals surface area contributed by atoms with Crippen molar-refractivity contribution in [3.63, 3.8) is 0 Å². The van der Waals surface area contributed by atoms with Gasteiger partial charge in [-0.2, -0.15) is 0 Å². The normalized spacial score (nSPS) is 26.0. The van der Waals surface area contributed by atoms with Crippen LogP contribution in [-0.2, 0) is 30.2 Å². The number of nitrogens with one attached hydrogen (secondary N) is 2. The minimum atomic E-state index is -1.36. The number of aromatic amines is 1. The lowest BCUT2D eigenvalue weighted by Crippen LogP contribution is -2.48. The van der Waals surface area contributed by atoms with E-state index in [9.17, 15) is 19.8 Å². The molecule has 2 unspecified atom stereocenters. The van der Waals surface area contributed by atoms with Crippen molar-refractivity contribution in [2.45, 2.75) is 58.6 Å². The van der Waals surface area contributed by atoms with Crippen molar-refractivity contribution in [1.29, 1.82) is 0 Å². The predicted molar refractivity (Wildman–Crippen MR) is 164 cm³/mol. The average Bonchev–Trinajstić information content (AvgIpc) is 3.39. The summed E-state index contributed by atoms with van der Waals surface area (Å²) in [5, 5.41) is 25.4. The number of aromatic nitrogens is 1. The molecule has 0 aromatic carbocycles. The number of esters is 1. The number of rotatable bonds is 7. The number of ether oxygens (including phenoxy) is 3. The first kappa shape index (κ1) is 31.9. The van der Waals surface area contributed by atoms with Gasteiger partial charge in [-0.3, -0.25) is 14.8 Å². The molecule has 4 rings (SSSR count). The fourth-order valence-electron chi connectivity index (χ4n) is 6.14. The molecule has 1 aliphatic carbocycles. The summed E-state index contributed by atoms with van der Waals surface area (Å²) in [6.07, 6.45) is 8.82. The lowest BCUT2D eigenvalue weighted by Gasteiger charge is -2.40. The van der Waals surface area contributed by atoms with Gasteiger partial charge in [0.2, 0.25) is 0 Å². The molecular weight excluding hydrogens is 552 g/mol. The van der Waals surface area contributed by atoms with Gasteiger partial charge in [0, 0.05) is 54.2 Å². The summed E-state index contributed by atoms with van der Waals surface area (Å²) < 4.78 is 16.2. The fourth-order valence-corrected chi connectivity index (χ4v) is 6.14. The van der Waals surface area contributed by atoms with Gasteiger partial charge in [-0.25, -0.2) is 4.79 Å². The zero-order valence-electron chi connectivity index (χ0n) is 25.6. The number of H-pyrrole nitrogens is 1. The molecule has 0 amide bonds. The summed E-state index contributed by atoms with van der Waals surface area (Å²) in [5.74, 6) is -2.35. The Labute approximate surface area is 250 Å². The molecule has 2 aliphatic heterocycles. The summed E-state index contributed by atoms with van der Waals surface area (Å²) >= 11 is 0. The van der Waals surface area contributed by atoms with E-state index in [1.54, 1.807) is 31.6 Å². The van der Waals surface area contributed by atoms with Gasteiger partial charge >= 0.3 is 11.9 Å². The zero-order chi connectivity index (χ0) is 31.7. The number of allylic oxidation sites excluding steroid dienone is 5. The van der Waals surface area contributed by atoms with E-state index < -0.39 is 41.3 Å². The third-order valence-corrected chi connectivity index (χ3v) is 8.36. The minimum absolute atomic E-state index is 0.0569. The largest absolute Gasteiger partial charge is 0.481 e. The fraction of sp³-hybridized carbons (Fsp3) is 0.438. The average molecular weight is 593 g/mol. The Morgan fingerprint density at radius 3 is 2.47 bits per heavy atom. The van der Waals surface area contributed by atoms with Crippen LogP contribution in [0.25, 0.3) is 12.2 Å². The first-order valence-electron chi connectivity index (χ1n) is 14.0. The van der Waals surface area contributed by atoms with Gasteiger partial charge in [0.15, 0.2) is 12.5 Å². The second kappa shape index (κ2) is 12.3. The minimum Gasteiger partial charge on any atom is -0.481 e. The first-order valence-corrected chi connectivity index (χ1v) is 14.0. The summed E-state index contributed by atoms with van der Waals surface area (Å²) in [6, 6.07) is 0. The highest BCUT2D eigenvalue weighted by Gasteiger charge is 2.53. The summed E-state index contributed by atoms with van der Waals surface area (Å²) in [4.78, 5) is 37.5. The Morgan fingerprint density at radius 1 is 1.12 bits per heavy atom. The van der Waals surface area contributed by atoms with Crippen molar-refractivity contribution >= 4 is 36.0 Å². The van der Waals surface area contributed by atoms with Gasteiger partial charge in [0.1, 0.15) is 0 Å². The molecule has 0 saturated carbocycles. The van der Waals surface area contributed by atoms with Gasteiger partial charge in [-0.15, -0.1) is 0 Å². The number of carboxylic acid groups (broad SMARTS) is 1. The molecule has 4 bridgehead atoms. The highest BCUT2D eigenvalue weighted by Crippen LogP contribution is 2.53. The van der Waals surface area contributed by atoms with E-state index in [1.807, 2.05) is 39.8 Å². The Hall–Kier alpha value is -4.06.